The SMILES string of the molecule is CCc1ccc(NS(=O)(=O)c2cc(-c3cc(C)no3)ccc2OC)cc1. The second kappa shape index (κ2) is 7.21. The van der Waals surface area contributed by atoms with E-state index in [-0.39, 0.29) is 10.6 Å². The number of sulfonamides is 1. The van der Waals surface area contributed by atoms with Gasteiger partial charge >= 0.3 is 0 Å². The third-order valence-electron chi connectivity index (χ3n) is 3.98. The van der Waals surface area contributed by atoms with Crippen LogP contribution in [0.5, 0.6) is 5.75 Å². The maximum absolute atomic E-state index is 12.9. The van der Waals surface area contributed by atoms with E-state index in [9.17, 15) is 8.42 Å². The van der Waals surface area contributed by atoms with Gasteiger partial charge in [-0.25, -0.2) is 8.42 Å². The van der Waals surface area contributed by atoms with E-state index in [1.807, 2.05) is 19.1 Å². The molecule has 0 aliphatic carbocycles. The molecular formula is C19H20N2O4S. The van der Waals surface area contributed by atoms with Crippen LogP contribution in [0.4, 0.5) is 5.69 Å². The summed E-state index contributed by atoms with van der Waals surface area (Å²) in [7, 11) is -2.40. The summed E-state index contributed by atoms with van der Waals surface area (Å²) in [5, 5.41) is 3.84. The van der Waals surface area contributed by atoms with Crippen molar-refractivity contribution in [2.24, 2.45) is 0 Å². The fourth-order valence-corrected chi connectivity index (χ4v) is 3.81. The van der Waals surface area contributed by atoms with Crippen molar-refractivity contribution in [3.05, 3.63) is 59.8 Å². The molecule has 3 rings (SSSR count). The number of aromatic nitrogens is 1. The van der Waals surface area contributed by atoms with Crippen molar-refractivity contribution < 1.29 is 17.7 Å². The Hall–Kier alpha value is -2.80. The summed E-state index contributed by atoms with van der Waals surface area (Å²) in [5.41, 5.74) is 2.95. The van der Waals surface area contributed by atoms with E-state index in [4.69, 9.17) is 9.26 Å². The molecule has 1 heterocycles. The molecule has 0 amide bonds. The minimum atomic E-state index is -3.84. The van der Waals surface area contributed by atoms with Gasteiger partial charge in [0, 0.05) is 17.3 Å². The van der Waals surface area contributed by atoms with E-state index in [0.29, 0.717) is 17.0 Å². The molecule has 0 bridgehead atoms. The molecule has 0 spiro atoms. The molecule has 0 radical (unpaired) electrons. The van der Waals surface area contributed by atoms with Crippen molar-refractivity contribution in [2.45, 2.75) is 25.2 Å². The monoisotopic (exact) mass is 372 g/mol. The van der Waals surface area contributed by atoms with E-state index in [2.05, 4.69) is 9.88 Å². The van der Waals surface area contributed by atoms with Crippen LogP contribution in [0.15, 0.2) is 57.9 Å². The first-order valence-corrected chi connectivity index (χ1v) is 9.64. The highest BCUT2D eigenvalue weighted by Gasteiger charge is 2.21. The predicted molar refractivity (Wildman–Crippen MR) is 99.9 cm³/mol. The molecule has 0 atom stereocenters. The second-order valence-electron chi connectivity index (χ2n) is 5.85. The van der Waals surface area contributed by atoms with Crippen molar-refractivity contribution in [3.63, 3.8) is 0 Å². The van der Waals surface area contributed by atoms with Gasteiger partial charge in [-0.1, -0.05) is 24.2 Å². The minimum absolute atomic E-state index is 0.0334. The number of benzene rings is 2. The average molecular weight is 372 g/mol. The van der Waals surface area contributed by atoms with Gasteiger partial charge in [0.1, 0.15) is 10.6 Å². The number of methoxy groups -OCH3 is 1. The van der Waals surface area contributed by atoms with Crippen molar-refractivity contribution in [2.75, 3.05) is 11.8 Å². The molecule has 2 aromatic carbocycles. The molecule has 1 aromatic heterocycles. The van der Waals surface area contributed by atoms with E-state index < -0.39 is 10.0 Å². The molecule has 6 nitrogen and oxygen atoms in total. The summed E-state index contributed by atoms with van der Waals surface area (Å²) < 4.78 is 38.8. The van der Waals surface area contributed by atoms with Crippen LogP contribution in [0.1, 0.15) is 18.2 Å². The lowest BCUT2D eigenvalue weighted by Gasteiger charge is -2.13. The van der Waals surface area contributed by atoms with Gasteiger partial charge in [0.15, 0.2) is 5.76 Å². The summed E-state index contributed by atoms with van der Waals surface area (Å²) in [6.45, 7) is 3.84. The zero-order valence-electron chi connectivity index (χ0n) is 14.8. The number of anilines is 1. The first-order chi connectivity index (χ1) is 12.4. The van der Waals surface area contributed by atoms with E-state index >= 15 is 0 Å². The molecule has 26 heavy (non-hydrogen) atoms. The van der Waals surface area contributed by atoms with Gasteiger partial charge < -0.3 is 9.26 Å². The number of nitrogens with one attached hydrogen (secondary N) is 1. The molecule has 3 aromatic rings. The highest BCUT2D eigenvalue weighted by Crippen LogP contribution is 2.31. The predicted octanol–water partition coefficient (Wildman–Crippen LogP) is 4.02. The number of aryl methyl sites for hydroxylation is 2. The standard InChI is InChI=1S/C19H20N2O4S/c1-4-14-5-8-16(9-6-14)21-26(22,23)19-12-15(7-10-17(19)24-3)18-11-13(2)20-25-18/h5-12,21H,4H2,1-3H3. The highest BCUT2D eigenvalue weighted by atomic mass is 32.2. The first-order valence-electron chi connectivity index (χ1n) is 8.16. The van der Waals surface area contributed by atoms with Gasteiger partial charge in [0.25, 0.3) is 10.0 Å². The lowest BCUT2D eigenvalue weighted by Crippen LogP contribution is -2.14. The summed E-state index contributed by atoms with van der Waals surface area (Å²) in [5.74, 6) is 0.747. The van der Waals surface area contributed by atoms with Crippen LogP contribution in [0.3, 0.4) is 0 Å². The van der Waals surface area contributed by atoms with E-state index in [0.717, 1.165) is 17.7 Å². The van der Waals surface area contributed by atoms with Crippen molar-refractivity contribution in [1.82, 2.24) is 5.16 Å². The number of hydrogen-bond donors (Lipinski definition) is 1. The molecule has 7 heteroatoms. The Bertz CT molecular complexity index is 1010. The molecule has 136 valence electrons. The summed E-state index contributed by atoms with van der Waals surface area (Å²) in [4.78, 5) is 0.0334. The number of ether oxygens (including phenoxy) is 1. The lowest BCUT2D eigenvalue weighted by atomic mass is 10.1. The van der Waals surface area contributed by atoms with Gasteiger partial charge in [0.05, 0.1) is 12.8 Å². The van der Waals surface area contributed by atoms with Gasteiger partial charge in [-0.2, -0.15) is 0 Å². The summed E-state index contributed by atoms with van der Waals surface area (Å²) >= 11 is 0. The largest absolute Gasteiger partial charge is 0.495 e. The quantitative estimate of drug-likeness (QED) is 0.707. The Morgan fingerprint density at radius 3 is 2.42 bits per heavy atom. The molecule has 0 saturated carbocycles. The average Bonchev–Trinajstić information content (AvgIpc) is 3.08. The molecule has 1 N–H and O–H groups in total. The maximum Gasteiger partial charge on any atom is 0.265 e. The van der Waals surface area contributed by atoms with Crippen LogP contribution in [-0.4, -0.2) is 20.7 Å². The van der Waals surface area contributed by atoms with Gasteiger partial charge in [-0.15, -0.1) is 0 Å². The third-order valence-corrected chi connectivity index (χ3v) is 5.38. The zero-order valence-corrected chi connectivity index (χ0v) is 15.6. The summed E-state index contributed by atoms with van der Waals surface area (Å²) in [6, 6.07) is 13.9. The molecular weight excluding hydrogens is 352 g/mol. The topological polar surface area (TPSA) is 81.4 Å². The Morgan fingerprint density at radius 2 is 1.85 bits per heavy atom. The van der Waals surface area contributed by atoms with Gasteiger partial charge in [-0.3, -0.25) is 4.72 Å². The summed E-state index contributed by atoms with van der Waals surface area (Å²) in [6.07, 6.45) is 0.888. The Morgan fingerprint density at radius 1 is 1.12 bits per heavy atom. The Labute approximate surface area is 152 Å². The maximum atomic E-state index is 12.9. The van der Waals surface area contributed by atoms with Gasteiger partial charge in [0.2, 0.25) is 0 Å². The van der Waals surface area contributed by atoms with Crippen LogP contribution in [0, 0.1) is 6.92 Å². The molecule has 0 aliphatic heterocycles. The minimum Gasteiger partial charge on any atom is -0.495 e. The Balaban J connectivity index is 1.99. The fraction of sp³-hybridized carbons (Fsp3) is 0.211. The van der Waals surface area contributed by atoms with Crippen molar-refractivity contribution in [3.8, 4) is 17.1 Å². The van der Waals surface area contributed by atoms with Crippen LogP contribution in [0.2, 0.25) is 0 Å². The van der Waals surface area contributed by atoms with Gasteiger partial charge in [-0.05, 0) is 49.2 Å². The third kappa shape index (κ3) is 3.72. The van der Waals surface area contributed by atoms with Crippen LogP contribution >= 0.6 is 0 Å². The molecule has 0 unspecified atom stereocenters. The fourth-order valence-electron chi connectivity index (χ4n) is 2.56. The normalized spacial score (nSPS) is 11.3. The van der Waals surface area contributed by atoms with E-state index in [1.54, 1.807) is 37.3 Å². The molecule has 0 fully saturated rings. The first kappa shape index (κ1) is 18.0. The number of hydrogen-bond acceptors (Lipinski definition) is 5. The van der Waals surface area contributed by atoms with Crippen molar-refractivity contribution >= 4 is 15.7 Å². The molecule has 0 aliphatic rings. The lowest BCUT2D eigenvalue weighted by molar-refractivity contribution is 0.402. The van der Waals surface area contributed by atoms with Crippen molar-refractivity contribution in [1.29, 1.82) is 0 Å². The van der Waals surface area contributed by atoms with Crippen LogP contribution in [-0.2, 0) is 16.4 Å². The van der Waals surface area contributed by atoms with Crippen LogP contribution < -0.4 is 9.46 Å². The number of nitrogens with zero attached hydrogens (tertiary/aromatic N) is 1. The highest BCUT2D eigenvalue weighted by molar-refractivity contribution is 7.92. The number of rotatable bonds is 6. The van der Waals surface area contributed by atoms with E-state index in [1.165, 1.54) is 13.2 Å². The second-order valence-corrected chi connectivity index (χ2v) is 7.50. The Kier molecular flexibility index (Phi) is 4.99. The zero-order chi connectivity index (χ0) is 18.7. The smallest absolute Gasteiger partial charge is 0.265 e. The molecule has 0 saturated heterocycles. The van der Waals surface area contributed by atoms with Crippen LogP contribution in [0.25, 0.3) is 11.3 Å².